The van der Waals surface area contributed by atoms with Crippen molar-refractivity contribution in [2.45, 2.75) is 26.5 Å². The molecule has 0 spiro atoms. The van der Waals surface area contributed by atoms with Gasteiger partial charge in [0.1, 0.15) is 5.15 Å². The fraction of sp³-hybridized carbons (Fsp3) is 0.364. The average molecular weight is 225 g/mol. The highest BCUT2D eigenvalue weighted by Crippen LogP contribution is 2.24. The fourth-order valence-electron chi connectivity index (χ4n) is 1.77. The van der Waals surface area contributed by atoms with Crippen molar-refractivity contribution in [2.24, 2.45) is 0 Å². The molecule has 0 aliphatic rings. The highest BCUT2D eigenvalue weighted by atomic mass is 35.5. The monoisotopic (exact) mass is 224 g/mol. The Kier molecular flexibility index (Phi) is 2.67. The maximum Gasteiger partial charge on any atom is 0.130 e. The van der Waals surface area contributed by atoms with Gasteiger partial charge in [-0.3, -0.25) is 0 Å². The largest absolute Gasteiger partial charge is 0.392 e. The van der Waals surface area contributed by atoms with Crippen LogP contribution in [-0.4, -0.2) is 14.7 Å². The lowest BCUT2D eigenvalue weighted by atomic mass is 10.2. The molecule has 2 heterocycles. The van der Waals surface area contributed by atoms with E-state index < -0.39 is 0 Å². The molecule has 3 nitrogen and oxygen atoms in total. The number of hydrogen-bond donors (Lipinski definition) is 1. The smallest absolute Gasteiger partial charge is 0.130 e. The first kappa shape index (κ1) is 10.5. The summed E-state index contributed by atoms with van der Waals surface area (Å²) in [7, 11) is 0. The van der Waals surface area contributed by atoms with E-state index >= 15 is 0 Å². The Morgan fingerprint density at radius 1 is 1.53 bits per heavy atom. The molecule has 0 aromatic carbocycles. The first-order valence-electron chi connectivity index (χ1n) is 4.90. The van der Waals surface area contributed by atoms with Crippen LogP contribution in [0.25, 0.3) is 11.0 Å². The summed E-state index contributed by atoms with van der Waals surface area (Å²) in [5, 5.41) is 9.71. The van der Waals surface area contributed by atoms with Crippen molar-refractivity contribution >= 4 is 22.6 Å². The van der Waals surface area contributed by atoms with Crippen LogP contribution in [0.4, 0.5) is 0 Å². The summed E-state index contributed by atoms with van der Waals surface area (Å²) in [4.78, 5) is 4.22. The second kappa shape index (κ2) is 3.83. The minimum absolute atomic E-state index is 0.0184. The van der Waals surface area contributed by atoms with Gasteiger partial charge in [-0.2, -0.15) is 0 Å². The molecule has 0 fully saturated rings. The maximum absolute atomic E-state index is 9.28. The van der Waals surface area contributed by atoms with E-state index in [1.807, 2.05) is 12.3 Å². The number of aliphatic hydroxyl groups is 1. The minimum Gasteiger partial charge on any atom is -0.392 e. The van der Waals surface area contributed by atoms with E-state index in [9.17, 15) is 5.11 Å². The number of rotatable bonds is 2. The molecule has 0 saturated carbocycles. The third-order valence-corrected chi connectivity index (χ3v) is 2.64. The summed E-state index contributed by atoms with van der Waals surface area (Å²) in [6.07, 6.45) is 1.97. The van der Waals surface area contributed by atoms with Gasteiger partial charge in [0.05, 0.1) is 17.6 Å². The molecule has 2 rings (SSSR count). The SMILES string of the molecule is CC(C)n1ccc2nc(Cl)cc(CO)c21. The Hall–Kier alpha value is -1.06. The van der Waals surface area contributed by atoms with E-state index in [1.165, 1.54) is 0 Å². The number of nitrogens with zero attached hydrogens (tertiary/aromatic N) is 2. The predicted molar refractivity (Wildman–Crippen MR) is 61.1 cm³/mol. The lowest BCUT2D eigenvalue weighted by molar-refractivity contribution is 0.282. The standard InChI is InChI=1S/C11H13ClN2O/c1-7(2)14-4-3-9-11(14)8(6-15)5-10(12)13-9/h3-5,7,15H,6H2,1-2H3. The first-order valence-corrected chi connectivity index (χ1v) is 5.28. The number of aromatic nitrogens is 2. The highest BCUT2D eigenvalue weighted by Gasteiger charge is 2.10. The van der Waals surface area contributed by atoms with E-state index in [0.29, 0.717) is 11.2 Å². The van der Waals surface area contributed by atoms with Crippen molar-refractivity contribution < 1.29 is 5.11 Å². The molecule has 2 aromatic rings. The van der Waals surface area contributed by atoms with Gasteiger partial charge in [-0.25, -0.2) is 4.98 Å². The van der Waals surface area contributed by atoms with Crippen LogP contribution in [0.5, 0.6) is 0 Å². The van der Waals surface area contributed by atoms with Crippen molar-refractivity contribution in [2.75, 3.05) is 0 Å². The summed E-state index contributed by atoms with van der Waals surface area (Å²) in [6.45, 7) is 4.17. The van der Waals surface area contributed by atoms with E-state index in [0.717, 1.165) is 16.6 Å². The van der Waals surface area contributed by atoms with Crippen molar-refractivity contribution in [1.29, 1.82) is 0 Å². The molecule has 4 heteroatoms. The fourth-order valence-corrected chi connectivity index (χ4v) is 1.99. The van der Waals surface area contributed by atoms with Crippen LogP contribution >= 0.6 is 11.6 Å². The van der Waals surface area contributed by atoms with Gasteiger partial charge < -0.3 is 9.67 Å². The maximum atomic E-state index is 9.28. The van der Waals surface area contributed by atoms with Crippen molar-refractivity contribution in [1.82, 2.24) is 9.55 Å². The zero-order chi connectivity index (χ0) is 11.0. The predicted octanol–water partition coefficient (Wildman–Crippen LogP) is 2.76. The number of pyridine rings is 1. The molecule has 1 N–H and O–H groups in total. The number of fused-ring (bicyclic) bond motifs is 1. The van der Waals surface area contributed by atoms with E-state index in [2.05, 4.69) is 23.4 Å². The Morgan fingerprint density at radius 2 is 2.27 bits per heavy atom. The molecule has 0 aliphatic heterocycles. The van der Waals surface area contributed by atoms with Crippen molar-refractivity contribution in [3.8, 4) is 0 Å². The zero-order valence-electron chi connectivity index (χ0n) is 8.74. The third-order valence-electron chi connectivity index (χ3n) is 2.45. The van der Waals surface area contributed by atoms with Crippen LogP contribution in [0.1, 0.15) is 25.5 Å². The summed E-state index contributed by atoms with van der Waals surface area (Å²) >= 11 is 5.86. The number of aliphatic hydroxyl groups excluding tert-OH is 1. The summed E-state index contributed by atoms with van der Waals surface area (Å²) in [5.41, 5.74) is 2.63. The lowest BCUT2D eigenvalue weighted by Crippen LogP contribution is -2.01. The van der Waals surface area contributed by atoms with Crippen LogP contribution in [0, 0.1) is 0 Å². The molecule has 0 bridgehead atoms. The van der Waals surface area contributed by atoms with E-state index in [-0.39, 0.29) is 6.61 Å². The Morgan fingerprint density at radius 3 is 2.87 bits per heavy atom. The summed E-state index contributed by atoms with van der Waals surface area (Å²) < 4.78 is 2.09. The van der Waals surface area contributed by atoms with Gasteiger partial charge in [-0.1, -0.05) is 11.6 Å². The molecule has 15 heavy (non-hydrogen) atoms. The molecule has 0 amide bonds. The van der Waals surface area contributed by atoms with Gasteiger partial charge in [0.2, 0.25) is 0 Å². The topological polar surface area (TPSA) is 38.0 Å². The molecule has 0 atom stereocenters. The molecule has 0 unspecified atom stereocenters. The van der Waals surface area contributed by atoms with E-state index in [4.69, 9.17) is 11.6 Å². The number of halogens is 1. The molecule has 2 aromatic heterocycles. The molecular formula is C11H13ClN2O. The average Bonchev–Trinajstić information content (AvgIpc) is 2.59. The van der Waals surface area contributed by atoms with Crippen LogP contribution in [0.15, 0.2) is 18.3 Å². The van der Waals surface area contributed by atoms with Crippen LogP contribution in [0.2, 0.25) is 5.15 Å². The van der Waals surface area contributed by atoms with Gasteiger partial charge in [-0.15, -0.1) is 0 Å². The molecule has 0 aliphatic carbocycles. The summed E-state index contributed by atoms with van der Waals surface area (Å²) in [5.74, 6) is 0. The van der Waals surface area contributed by atoms with Crippen LogP contribution in [-0.2, 0) is 6.61 Å². The Bertz CT molecular complexity index is 491. The molecule has 0 radical (unpaired) electrons. The van der Waals surface area contributed by atoms with Gasteiger partial charge in [-0.05, 0) is 26.0 Å². The molecule has 80 valence electrons. The molecular weight excluding hydrogens is 212 g/mol. The third kappa shape index (κ3) is 1.73. The van der Waals surface area contributed by atoms with Gasteiger partial charge in [0.15, 0.2) is 0 Å². The van der Waals surface area contributed by atoms with Crippen LogP contribution in [0.3, 0.4) is 0 Å². The second-order valence-corrected chi connectivity index (χ2v) is 4.20. The van der Waals surface area contributed by atoms with Crippen LogP contribution < -0.4 is 0 Å². The minimum atomic E-state index is -0.0184. The van der Waals surface area contributed by atoms with Gasteiger partial charge in [0.25, 0.3) is 0 Å². The Labute approximate surface area is 93.3 Å². The van der Waals surface area contributed by atoms with Gasteiger partial charge >= 0.3 is 0 Å². The first-order chi connectivity index (χ1) is 7.13. The quantitative estimate of drug-likeness (QED) is 0.797. The molecule has 0 saturated heterocycles. The zero-order valence-corrected chi connectivity index (χ0v) is 9.49. The highest BCUT2D eigenvalue weighted by molar-refractivity contribution is 6.29. The summed E-state index contributed by atoms with van der Waals surface area (Å²) in [6, 6.07) is 3.97. The second-order valence-electron chi connectivity index (χ2n) is 3.81. The van der Waals surface area contributed by atoms with Crippen molar-refractivity contribution in [3.63, 3.8) is 0 Å². The number of hydrogen-bond acceptors (Lipinski definition) is 2. The lowest BCUT2D eigenvalue weighted by Gasteiger charge is -2.11. The van der Waals surface area contributed by atoms with E-state index in [1.54, 1.807) is 6.07 Å². The van der Waals surface area contributed by atoms with Gasteiger partial charge in [0, 0.05) is 17.8 Å². The van der Waals surface area contributed by atoms with Crippen molar-refractivity contribution in [3.05, 3.63) is 29.0 Å². The Balaban J connectivity index is 2.77. The normalized spacial score (nSPS) is 11.5.